The number of benzene rings is 1. The Morgan fingerprint density at radius 3 is 2.70 bits per heavy atom. The van der Waals surface area contributed by atoms with Gasteiger partial charge in [-0.1, -0.05) is 30.9 Å². The number of phenolic OH excluding ortho intramolecular Hbond substituents is 1. The minimum atomic E-state index is -0.291. The number of hydrogen-bond acceptors (Lipinski definition) is 3. The Morgan fingerprint density at radius 2 is 2.10 bits per heavy atom. The molecule has 1 saturated carbocycles. The van der Waals surface area contributed by atoms with Crippen molar-refractivity contribution in [2.24, 2.45) is 11.7 Å². The second-order valence-electron chi connectivity index (χ2n) is 5.38. The lowest BCUT2D eigenvalue weighted by atomic mass is 9.84. The maximum atomic E-state index is 12.2. The van der Waals surface area contributed by atoms with E-state index in [0.29, 0.717) is 17.5 Å². The summed E-state index contributed by atoms with van der Waals surface area (Å²) in [6.45, 7) is 0.421. The van der Waals surface area contributed by atoms with Gasteiger partial charge in [0.15, 0.2) is 0 Å². The molecule has 0 aliphatic heterocycles. The van der Waals surface area contributed by atoms with Crippen molar-refractivity contribution in [2.45, 2.75) is 38.1 Å². The number of nitrogens with two attached hydrogens (primary N) is 1. The Bertz CT molecular complexity index is 473. The van der Waals surface area contributed by atoms with Crippen LogP contribution in [-0.2, 0) is 0 Å². The van der Waals surface area contributed by atoms with E-state index in [4.69, 9.17) is 17.3 Å². The number of nitrogens with one attached hydrogen (secondary N) is 1. The lowest BCUT2D eigenvalue weighted by Gasteiger charge is -2.30. The lowest BCUT2D eigenvalue weighted by molar-refractivity contribution is 0.0913. The van der Waals surface area contributed by atoms with E-state index in [1.807, 2.05) is 0 Å². The van der Waals surface area contributed by atoms with Gasteiger partial charge in [-0.15, -0.1) is 0 Å². The highest BCUT2D eigenvalue weighted by Gasteiger charge is 2.25. The van der Waals surface area contributed by atoms with Gasteiger partial charge >= 0.3 is 0 Å². The molecule has 1 fully saturated rings. The van der Waals surface area contributed by atoms with E-state index >= 15 is 0 Å². The molecule has 2 rings (SSSR count). The highest BCUT2D eigenvalue weighted by Crippen LogP contribution is 2.27. The van der Waals surface area contributed by atoms with Crippen LogP contribution in [0.2, 0.25) is 5.02 Å². The first-order valence-corrected chi connectivity index (χ1v) is 7.49. The fourth-order valence-corrected chi connectivity index (χ4v) is 3.02. The van der Waals surface area contributed by atoms with E-state index < -0.39 is 0 Å². The molecule has 4 nitrogen and oxygen atoms in total. The molecule has 0 spiro atoms. The number of carbonyl (C=O) groups is 1. The summed E-state index contributed by atoms with van der Waals surface area (Å²) in [6.07, 6.45) is 5.87. The second-order valence-corrected chi connectivity index (χ2v) is 5.81. The Balaban J connectivity index is 2.04. The van der Waals surface area contributed by atoms with Crippen LogP contribution in [0.4, 0.5) is 0 Å². The Hall–Kier alpha value is -1.26. The molecule has 5 heteroatoms. The molecule has 1 atom stereocenters. The van der Waals surface area contributed by atoms with Crippen molar-refractivity contribution >= 4 is 17.5 Å². The van der Waals surface area contributed by atoms with Crippen molar-refractivity contribution in [3.8, 4) is 5.75 Å². The molecule has 1 aromatic carbocycles. The van der Waals surface area contributed by atoms with Gasteiger partial charge in [-0.25, -0.2) is 0 Å². The summed E-state index contributed by atoms with van der Waals surface area (Å²) in [5.41, 5.74) is 6.03. The molecule has 1 aromatic rings. The van der Waals surface area contributed by atoms with Crippen LogP contribution in [0.3, 0.4) is 0 Å². The summed E-state index contributed by atoms with van der Waals surface area (Å²) < 4.78 is 0. The summed E-state index contributed by atoms with van der Waals surface area (Å²) >= 11 is 5.76. The normalized spacial score (nSPS) is 17.7. The van der Waals surface area contributed by atoms with Gasteiger partial charge in [0.2, 0.25) is 0 Å². The van der Waals surface area contributed by atoms with Crippen LogP contribution in [0.25, 0.3) is 0 Å². The molecule has 0 heterocycles. The van der Waals surface area contributed by atoms with Crippen LogP contribution in [0.5, 0.6) is 5.75 Å². The Morgan fingerprint density at radius 1 is 1.40 bits per heavy atom. The van der Waals surface area contributed by atoms with E-state index in [2.05, 4.69) is 5.32 Å². The lowest BCUT2D eigenvalue weighted by Crippen LogP contribution is -2.45. The zero-order valence-corrected chi connectivity index (χ0v) is 12.2. The maximum Gasteiger partial charge on any atom is 0.255 e. The van der Waals surface area contributed by atoms with Gasteiger partial charge in [0.25, 0.3) is 5.91 Å². The first-order chi connectivity index (χ1) is 9.61. The average Bonchev–Trinajstić information content (AvgIpc) is 2.45. The number of phenols is 1. The van der Waals surface area contributed by atoms with Gasteiger partial charge in [-0.3, -0.25) is 4.79 Å². The van der Waals surface area contributed by atoms with Crippen molar-refractivity contribution < 1.29 is 9.90 Å². The smallest absolute Gasteiger partial charge is 0.255 e. The average molecular weight is 297 g/mol. The minimum Gasteiger partial charge on any atom is -0.507 e. The molecule has 20 heavy (non-hydrogen) atoms. The predicted octanol–water partition coefficient (Wildman–Crippen LogP) is 2.68. The zero-order valence-electron chi connectivity index (χ0n) is 11.4. The Kier molecular flexibility index (Phi) is 5.26. The molecular formula is C15H21ClN2O2. The quantitative estimate of drug-likeness (QED) is 0.799. The monoisotopic (exact) mass is 296 g/mol. The molecule has 0 aromatic heterocycles. The number of hydrogen-bond donors (Lipinski definition) is 3. The standard InChI is InChI=1S/C15H21ClN2O2/c16-11-6-7-12(14(19)8-11)15(20)18-13(9-17)10-4-2-1-3-5-10/h6-8,10,13,19H,1-5,9,17H2,(H,18,20). The van der Waals surface area contributed by atoms with Gasteiger partial charge in [0, 0.05) is 17.6 Å². The highest BCUT2D eigenvalue weighted by molar-refractivity contribution is 6.30. The van der Waals surface area contributed by atoms with Gasteiger partial charge < -0.3 is 16.2 Å². The summed E-state index contributed by atoms with van der Waals surface area (Å²) in [5.74, 6) is 0.0433. The number of aromatic hydroxyl groups is 1. The van der Waals surface area contributed by atoms with Gasteiger partial charge in [0.05, 0.1) is 5.56 Å². The molecule has 1 amide bonds. The van der Waals surface area contributed by atoms with Crippen molar-refractivity contribution in [2.75, 3.05) is 6.54 Å². The zero-order chi connectivity index (χ0) is 14.5. The summed E-state index contributed by atoms with van der Waals surface area (Å²) in [7, 11) is 0. The van der Waals surface area contributed by atoms with Crippen LogP contribution >= 0.6 is 11.6 Å². The second kappa shape index (κ2) is 6.95. The van der Waals surface area contributed by atoms with E-state index in [1.165, 1.54) is 31.4 Å². The van der Waals surface area contributed by atoms with Crippen LogP contribution in [0.15, 0.2) is 18.2 Å². The van der Waals surface area contributed by atoms with E-state index in [1.54, 1.807) is 6.07 Å². The van der Waals surface area contributed by atoms with Crippen LogP contribution in [-0.4, -0.2) is 23.6 Å². The van der Waals surface area contributed by atoms with E-state index in [0.717, 1.165) is 12.8 Å². The maximum absolute atomic E-state index is 12.2. The van der Waals surface area contributed by atoms with Crippen molar-refractivity contribution in [1.82, 2.24) is 5.32 Å². The fraction of sp³-hybridized carbons (Fsp3) is 0.533. The number of carbonyl (C=O) groups excluding carboxylic acids is 1. The van der Waals surface area contributed by atoms with Crippen molar-refractivity contribution in [3.63, 3.8) is 0 Å². The van der Waals surface area contributed by atoms with Crippen LogP contribution in [0.1, 0.15) is 42.5 Å². The summed E-state index contributed by atoms with van der Waals surface area (Å²) in [4.78, 5) is 12.2. The van der Waals surface area contributed by atoms with Crippen LogP contribution < -0.4 is 11.1 Å². The largest absolute Gasteiger partial charge is 0.507 e. The number of amides is 1. The third-order valence-electron chi connectivity index (χ3n) is 3.99. The van der Waals surface area contributed by atoms with E-state index in [9.17, 15) is 9.90 Å². The van der Waals surface area contributed by atoms with Crippen molar-refractivity contribution in [1.29, 1.82) is 0 Å². The first kappa shape index (κ1) is 15.1. The van der Waals surface area contributed by atoms with Gasteiger partial charge in [0.1, 0.15) is 5.75 Å². The number of rotatable bonds is 4. The summed E-state index contributed by atoms with van der Waals surface area (Å²) in [5, 5.41) is 13.1. The minimum absolute atomic E-state index is 0.0297. The molecule has 0 radical (unpaired) electrons. The van der Waals surface area contributed by atoms with Crippen LogP contribution in [0, 0.1) is 5.92 Å². The SMILES string of the molecule is NCC(NC(=O)c1ccc(Cl)cc1O)C1CCCCC1. The first-order valence-electron chi connectivity index (χ1n) is 7.11. The third kappa shape index (κ3) is 3.64. The fourth-order valence-electron chi connectivity index (χ4n) is 2.85. The Labute approximate surface area is 124 Å². The van der Waals surface area contributed by atoms with Crippen molar-refractivity contribution in [3.05, 3.63) is 28.8 Å². The third-order valence-corrected chi connectivity index (χ3v) is 4.23. The van der Waals surface area contributed by atoms with E-state index in [-0.39, 0.29) is 23.3 Å². The predicted molar refractivity (Wildman–Crippen MR) is 80.0 cm³/mol. The molecular weight excluding hydrogens is 276 g/mol. The summed E-state index contributed by atoms with van der Waals surface area (Å²) in [6, 6.07) is 4.46. The topological polar surface area (TPSA) is 75.3 Å². The molecule has 1 aliphatic rings. The van der Waals surface area contributed by atoms with Gasteiger partial charge in [-0.2, -0.15) is 0 Å². The molecule has 1 unspecified atom stereocenters. The van der Waals surface area contributed by atoms with Gasteiger partial charge in [-0.05, 0) is 37.0 Å². The highest BCUT2D eigenvalue weighted by atomic mass is 35.5. The molecule has 0 bridgehead atoms. The molecule has 110 valence electrons. The molecule has 0 saturated heterocycles. The number of halogens is 1. The molecule has 4 N–H and O–H groups in total. The molecule has 1 aliphatic carbocycles.